The van der Waals surface area contributed by atoms with Gasteiger partial charge in [-0.1, -0.05) is 5.92 Å². The van der Waals surface area contributed by atoms with Crippen molar-refractivity contribution in [2.24, 2.45) is 0 Å². The third-order valence-corrected chi connectivity index (χ3v) is 2.02. The molecule has 0 spiro atoms. The van der Waals surface area contributed by atoms with Gasteiger partial charge in [-0.05, 0) is 27.7 Å². The second kappa shape index (κ2) is 4.40. The van der Waals surface area contributed by atoms with Crippen LogP contribution in [0.5, 0.6) is 0 Å². The smallest absolute Gasteiger partial charge is 0.342 e. The largest absolute Gasteiger partial charge is 0.446 e. The summed E-state index contributed by atoms with van der Waals surface area (Å²) >= 11 is 0. The van der Waals surface area contributed by atoms with Crippen LogP contribution in [0.25, 0.3) is 0 Å². The Hall–Kier alpha value is -1.76. The van der Waals surface area contributed by atoms with Gasteiger partial charge in [0.1, 0.15) is 0 Å². The third-order valence-electron chi connectivity index (χ3n) is 2.02. The second-order valence-corrected chi connectivity index (χ2v) is 4.56. The van der Waals surface area contributed by atoms with Gasteiger partial charge in [-0.25, -0.2) is 4.79 Å². The number of ether oxygens (including phenoxy) is 1. The summed E-state index contributed by atoms with van der Waals surface area (Å²) in [7, 11) is 0. The number of terminal acetylenes is 1. The van der Waals surface area contributed by atoms with Crippen molar-refractivity contribution in [3.05, 3.63) is 18.0 Å². The van der Waals surface area contributed by atoms with Crippen molar-refractivity contribution in [3.8, 4) is 12.3 Å². The number of nitrogens with zero attached hydrogens (tertiary/aromatic N) is 2. The first-order chi connectivity index (χ1) is 7.34. The van der Waals surface area contributed by atoms with E-state index in [0.717, 1.165) is 0 Å². The van der Waals surface area contributed by atoms with Crippen LogP contribution >= 0.6 is 0 Å². The number of carbonyl (C=O) groups is 1. The van der Waals surface area contributed by atoms with Crippen molar-refractivity contribution < 1.29 is 9.53 Å². The average Bonchev–Trinajstić information content (AvgIpc) is 2.65. The van der Waals surface area contributed by atoms with E-state index < -0.39 is 12.1 Å². The van der Waals surface area contributed by atoms with Crippen LogP contribution in [0.2, 0.25) is 0 Å². The molecule has 0 bridgehead atoms. The van der Waals surface area contributed by atoms with Crippen molar-refractivity contribution in [2.75, 3.05) is 0 Å². The van der Waals surface area contributed by atoms with Gasteiger partial charge in [0.05, 0.1) is 17.3 Å². The highest BCUT2D eigenvalue weighted by atomic mass is 16.5. The third kappa shape index (κ3) is 2.86. The molecule has 16 heavy (non-hydrogen) atoms. The van der Waals surface area contributed by atoms with Crippen LogP contribution < -0.4 is 0 Å². The zero-order valence-electron chi connectivity index (χ0n) is 10.0. The molecule has 0 aliphatic rings. The number of rotatable bonds is 2. The number of hydrogen-bond donors (Lipinski definition) is 0. The number of carbonyl (C=O) groups excluding carboxylic acids is 1. The highest BCUT2D eigenvalue weighted by Gasteiger charge is 2.18. The standard InChI is InChI=1S/C12H16N2O2/c1-6-9(2)16-11(15)10-7-13-14(8-10)12(3,4)5/h1,7-9H,2-5H3. The van der Waals surface area contributed by atoms with E-state index in [-0.39, 0.29) is 5.54 Å². The summed E-state index contributed by atoms with van der Waals surface area (Å²) in [6.07, 6.45) is 7.74. The van der Waals surface area contributed by atoms with Gasteiger partial charge >= 0.3 is 5.97 Å². The van der Waals surface area contributed by atoms with Crippen LogP contribution in [0.4, 0.5) is 0 Å². The Bertz CT molecular complexity index is 421. The molecule has 4 heteroatoms. The number of esters is 1. The molecule has 0 radical (unpaired) electrons. The summed E-state index contributed by atoms with van der Waals surface area (Å²) in [4.78, 5) is 11.6. The monoisotopic (exact) mass is 220 g/mol. The first kappa shape index (κ1) is 12.3. The molecule has 0 saturated heterocycles. The summed E-state index contributed by atoms with van der Waals surface area (Å²) in [5.41, 5.74) is 0.257. The van der Waals surface area contributed by atoms with Gasteiger partial charge in [0, 0.05) is 6.20 Å². The predicted octanol–water partition coefficient (Wildman–Crippen LogP) is 1.82. The van der Waals surface area contributed by atoms with E-state index in [0.29, 0.717) is 5.56 Å². The molecular weight excluding hydrogens is 204 g/mol. The van der Waals surface area contributed by atoms with E-state index in [1.54, 1.807) is 17.8 Å². The first-order valence-electron chi connectivity index (χ1n) is 5.07. The van der Waals surface area contributed by atoms with E-state index >= 15 is 0 Å². The van der Waals surface area contributed by atoms with E-state index in [1.807, 2.05) is 20.8 Å². The molecule has 0 aliphatic carbocycles. The van der Waals surface area contributed by atoms with Crippen molar-refractivity contribution >= 4 is 5.97 Å². The fourth-order valence-electron chi connectivity index (χ4n) is 1.06. The molecular formula is C12H16N2O2. The molecule has 4 nitrogen and oxygen atoms in total. The summed E-state index contributed by atoms with van der Waals surface area (Å²) in [5.74, 6) is 1.89. The molecule has 0 aliphatic heterocycles. The number of hydrogen-bond acceptors (Lipinski definition) is 3. The predicted molar refractivity (Wildman–Crippen MR) is 60.9 cm³/mol. The maximum absolute atomic E-state index is 11.6. The zero-order valence-corrected chi connectivity index (χ0v) is 10.0. The molecule has 0 aromatic carbocycles. The summed E-state index contributed by atoms with van der Waals surface area (Å²) < 4.78 is 6.70. The molecule has 1 heterocycles. The van der Waals surface area contributed by atoms with Gasteiger partial charge in [0.15, 0.2) is 6.10 Å². The lowest BCUT2D eigenvalue weighted by atomic mass is 10.1. The van der Waals surface area contributed by atoms with Gasteiger partial charge in [0.2, 0.25) is 0 Å². The minimum Gasteiger partial charge on any atom is -0.446 e. The van der Waals surface area contributed by atoms with Gasteiger partial charge in [-0.3, -0.25) is 4.68 Å². The van der Waals surface area contributed by atoms with E-state index in [9.17, 15) is 4.79 Å². The van der Waals surface area contributed by atoms with E-state index in [1.165, 1.54) is 6.20 Å². The normalized spacial score (nSPS) is 12.9. The topological polar surface area (TPSA) is 44.1 Å². The van der Waals surface area contributed by atoms with Gasteiger partial charge in [-0.2, -0.15) is 5.10 Å². The van der Waals surface area contributed by atoms with Crippen molar-refractivity contribution in [1.82, 2.24) is 9.78 Å². The van der Waals surface area contributed by atoms with E-state index in [4.69, 9.17) is 11.2 Å². The Morgan fingerprint density at radius 2 is 2.25 bits per heavy atom. The quantitative estimate of drug-likeness (QED) is 0.564. The molecule has 1 aromatic rings. The second-order valence-electron chi connectivity index (χ2n) is 4.56. The van der Waals surface area contributed by atoms with Gasteiger partial charge in [0.25, 0.3) is 0 Å². The lowest BCUT2D eigenvalue weighted by molar-refractivity contribution is 0.0438. The molecule has 0 fully saturated rings. The Labute approximate surface area is 95.6 Å². The Kier molecular flexibility index (Phi) is 3.38. The minimum atomic E-state index is -0.523. The van der Waals surface area contributed by atoms with Gasteiger partial charge in [-0.15, -0.1) is 6.42 Å². The Balaban J connectivity index is 2.80. The summed E-state index contributed by atoms with van der Waals surface area (Å²) in [6, 6.07) is 0. The fraction of sp³-hybridized carbons (Fsp3) is 0.500. The lowest BCUT2D eigenvalue weighted by Gasteiger charge is -2.18. The molecule has 0 saturated carbocycles. The number of aromatic nitrogens is 2. The lowest BCUT2D eigenvalue weighted by Crippen LogP contribution is -2.22. The van der Waals surface area contributed by atoms with Crippen LogP contribution in [-0.4, -0.2) is 21.9 Å². The van der Waals surface area contributed by atoms with Crippen molar-refractivity contribution in [2.45, 2.75) is 39.3 Å². The molecule has 1 rings (SSSR count). The Morgan fingerprint density at radius 1 is 1.62 bits per heavy atom. The highest BCUT2D eigenvalue weighted by molar-refractivity contribution is 5.89. The average molecular weight is 220 g/mol. The maximum Gasteiger partial charge on any atom is 0.342 e. The molecule has 1 atom stereocenters. The van der Waals surface area contributed by atoms with E-state index in [2.05, 4.69) is 11.0 Å². The summed E-state index contributed by atoms with van der Waals surface area (Å²) in [6.45, 7) is 7.64. The zero-order chi connectivity index (χ0) is 12.3. The first-order valence-corrected chi connectivity index (χ1v) is 5.07. The minimum absolute atomic E-state index is 0.156. The molecule has 1 unspecified atom stereocenters. The van der Waals surface area contributed by atoms with Gasteiger partial charge < -0.3 is 4.74 Å². The van der Waals surface area contributed by atoms with Crippen LogP contribution in [0.3, 0.4) is 0 Å². The van der Waals surface area contributed by atoms with Crippen LogP contribution in [-0.2, 0) is 10.3 Å². The highest BCUT2D eigenvalue weighted by Crippen LogP contribution is 2.13. The molecule has 0 amide bonds. The summed E-state index contributed by atoms with van der Waals surface area (Å²) in [5, 5.41) is 4.11. The fourth-order valence-corrected chi connectivity index (χ4v) is 1.06. The van der Waals surface area contributed by atoms with Crippen LogP contribution in [0.15, 0.2) is 12.4 Å². The SMILES string of the molecule is C#CC(C)OC(=O)c1cnn(C(C)(C)C)c1. The molecule has 1 aromatic heterocycles. The van der Waals surface area contributed by atoms with Crippen LogP contribution in [0, 0.1) is 12.3 Å². The van der Waals surface area contributed by atoms with Crippen molar-refractivity contribution in [1.29, 1.82) is 0 Å². The Morgan fingerprint density at radius 3 is 2.69 bits per heavy atom. The maximum atomic E-state index is 11.6. The molecule has 86 valence electrons. The molecule has 0 N–H and O–H groups in total. The van der Waals surface area contributed by atoms with Crippen molar-refractivity contribution in [3.63, 3.8) is 0 Å². The van der Waals surface area contributed by atoms with Crippen LogP contribution in [0.1, 0.15) is 38.1 Å².